The molecular weight excluding hydrogens is 122 g/mol. The van der Waals surface area contributed by atoms with Gasteiger partial charge in [-0.15, -0.1) is 0 Å². The van der Waals surface area contributed by atoms with Crippen LogP contribution in [0.15, 0.2) is 0 Å². The zero-order valence-corrected chi connectivity index (χ0v) is 5.63. The van der Waals surface area contributed by atoms with Gasteiger partial charge in [0.25, 0.3) is 0 Å². The van der Waals surface area contributed by atoms with E-state index >= 15 is 0 Å². The number of hydrogen-bond donors (Lipinski definition) is 1. The van der Waals surface area contributed by atoms with Crippen molar-refractivity contribution in [2.45, 2.75) is 6.42 Å². The lowest BCUT2D eigenvalue weighted by Crippen LogP contribution is -2.20. The van der Waals surface area contributed by atoms with Gasteiger partial charge in [-0.05, 0) is 0 Å². The molecule has 0 heterocycles. The van der Waals surface area contributed by atoms with Gasteiger partial charge < -0.3 is 9.94 Å². The number of carboxylic acid groups (broad SMARTS) is 1. The lowest BCUT2D eigenvalue weighted by molar-refractivity contribution is -0.143. The minimum atomic E-state index is -0.807. The number of aliphatic carboxylic acids is 1. The molecule has 0 amide bonds. The normalized spacial score (nSPS) is 10.1. The van der Waals surface area contributed by atoms with Crippen LogP contribution >= 0.6 is 0 Å². The lowest BCUT2D eigenvalue weighted by Gasteiger charge is -2.10. The van der Waals surface area contributed by atoms with Crippen molar-refractivity contribution in [1.29, 1.82) is 0 Å². The summed E-state index contributed by atoms with van der Waals surface area (Å²) in [6.45, 7) is 0.422. The third-order valence-corrected chi connectivity index (χ3v) is 0.952. The molecular formula is C5H11NO3. The van der Waals surface area contributed by atoms with Gasteiger partial charge in [-0.3, -0.25) is 4.79 Å². The summed E-state index contributed by atoms with van der Waals surface area (Å²) >= 11 is 0. The minimum Gasteiger partial charge on any atom is -0.481 e. The van der Waals surface area contributed by atoms with Crippen LogP contribution in [0, 0.1) is 0 Å². The molecule has 9 heavy (non-hydrogen) atoms. The second kappa shape index (κ2) is 4.29. The highest BCUT2D eigenvalue weighted by atomic mass is 16.7. The Kier molecular flexibility index (Phi) is 4.00. The highest BCUT2D eigenvalue weighted by Crippen LogP contribution is 1.85. The molecule has 4 heteroatoms. The van der Waals surface area contributed by atoms with Gasteiger partial charge >= 0.3 is 5.97 Å². The first-order chi connectivity index (χ1) is 4.16. The second-order valence-corrected chi connectivity index (χ2v) is 1.68. The van der Waals surface area contributed by atoms with Crippen LogP contribution in [0.5, 0.6) is 0 Å². The molecule has 0 aliphatic carbocycles. The molecule has 54 valence electrons. The summed E-state index contributed by atoms with van der Waals surface area (Å²) in [5.74, 6) is -0.807. The molecule has 0 aromatic carbocycles. The minimum absolute atomic E-state index is 0.115. The van der Waals surface area contributed by atoms with Crippen molar-refractivity contribution in [3.63, 3.8) is 0 Å². The molecule has 0 bridgehead atoms. The first-order valence-electron chi connectivity index (χ1n) is 2.64. The molecule has 0 unspecified atom stereocenters. The number of rotatable bonds is 4. The van der Waals surface area contributed by atoms with Gasteiger partial charge in [0.15, 0.2) is 0 Å². The Morgan fingerprint density at radius 1 is 1.78 bits per heavy atom. The molecule has 4 nitrogen and oxygen atoms in total. The van der Waals surface area contributed by atoms with Gasteiger partial charge in [-0.1, -0.05) is 0 Å². The molecule has 0 aromatic rings. The van der Waals surface area contributed by atoms with Crippen molar-refractivity contribution in [2.24, 2.45) is 0 Å². The highest BCUT2D eigenvalue weighted by molar-refractivity contribution is 5.66. The third kappa shape index (κ3) is 5.26. The average molecular weight is 133 g/mol. The van der Waals surface area contributed by atoms with Crippen LogP contribution in [-0.4, -0.2) is 36.8 Å². The monoisotopic (exact) mass is 133 g/mol. The van der Waals surface area contributed by atoms with Crippen molar-refractivity contribution in [3.05, 3.63) is 0 Å². The van der Waals surface area contributed by atoms with E-state index in [2.05, 4.69) is 4.84 Å². The van der Waals surface area contributed by atoms with Gasteiger partial charge in [0.2, 0.25) is 0 Å². The largest absolute Gasteiger partial charge is 0.481 e. The maximum absolute atomic E-state index is 9.94. The number of carboxylic acids is 1. The molecule has 0 saturated heterocycles. The fourth-order valence-electron chi connectivity index (χ4n) is 0.344. The molecule has 0 saturated carbocycles. The van der Waals surface area contributed by atoms with E-state index in [1.807, 2.05) is 0 Å². The van der Waals surface area contributed by atoms with E-state index in [9.17, 15) is 4.79 Å². The first-order valence-corrected chi connectivity index (χ1v) is 2.64. The van der Waals surface area contributed by atoms with E-state index < -0.39 is 5.97 Å². The summed E-state index contributed by atoms with van der Waals surface area (Å²) < 4.78 is 0. The van der Waals surface area contributed by atoms with Crippen molar-refractivity contribution in [1.82, 2.24) is 5.06 Å². The van der Waals surface area contributed by atoms with Crippen LogP contribution < -0.4 is 0 Å². The fourth-order valence-corrected chi connectivity index (χ4v) is 0.344. The van der Waals surface area contributed by atoms with Crippen molar-refractivity contribution >= 4 is 5.97 Å². The molecule has 0 fully saturated rings. The molecule has 0 radical (unpaired) electrons. The van der Waals surface area contributed by atoms with E-state index in [-0.39, 0.29) is 6.42 Å². The molecule has 0 aliphatic rings. The second-order valence-electron chi connectivity index (χ2n) is 1.68. The van der Waals surface area contributed by atoms with Crippen LogP contribution in [0.1, 0.15) is 6.42 Å². The van der Waals surface area contributed by atoms with E-state index in [0.29, 0.717) is 6.54 Å². The zero-order chi connectivity index (χ0) is 7.28. The summed E-state index contributed by atoms with van der Waals surface area (Å²) in [4.78, 5) is 14.6. The van der Waals surface area contributed by atoms with E-state index in [1.54, 1.807) is 7.05 Å². The van der Waals surface area contributed by atoms with Gasteiger partial charge in [-0.25, -0.2) is 0 Å². The van der Waals surface area contributed by atoms with Crippen molar-refractivity contribution in [3.8, 4) is 0 Å². The Balaban J connectivity index is 3.16. The SMILES string of the molecule is CON(C)CCC(=O)O. The maximum atomic E-state index is 9.94. The summed E-state index contributed by atoms with van der Waals surface area (Å²) in [7, 11) is 3.19. The Morgan fingerprint density at radius 3 is 2.67 bits per heavy atom. The molecule has 0 atom stereocenters. The smallest absolute Gasteiger partial charge is 0.304 e. The number of nitrogens with zero attached hydrogens (tertiary/aromatic N) is 1. The first kappa shape index (κ1) is 8.39. The summed E-state index contributed by atoms with van der Waals surface area (Å²) in [5, 5.41) is 9.64. The van der Waals surface area contributed by atoms with Gasteiger partial charge in [0.1, 0.15) is 0 Å². The topological polar surface area (TPSA) is 49.8 Å². The van der Waals surface area contributed by atoms with E-state index in [0.717, 1.165) is 0 Å². The highest BCUT2D eigenvalue weighted by Gasteiger charge is 1.99. The Bertz CT molecular complexity index is 94.2. The maximum Gasteiger partial charge on any atom is 0.304 e. The molecule has 0 aromatic heterocycles. The lowest BCUT2D eigenvalue weighted by atomic mass is 10.4. The number of hydrogen-bond acceptors (Lipinski definition) is 3. The summed E-state index contributed by atoms with van der Waals surface area (Å²) in [5.41, 5.74) is 0. The Morgan fingerprint density at radius 2 is 2.33 bits per heavy atom. The predicted molar refractivity (Wildman–Crippen MR) is 31.9 cm³/mol. The number of hydroxylamine groups is 2. The Hall–Kier alpha value is -0.610. The molecule has 0 spiro atoms. The van der Waals surface area contributed by atoms with Gasteiger partial charge in [0.05, 0.1) is 13.5 Å². The predicted octanol–water partition coefficient (Wildman–Crippen LogP) is -0.0457. The van der Waals surface area contributed by atoms with Gasteiger partial charge in [0, 0.05) is 13.6 Å². The van der Waals surface area contributed by atoms with Crippen LogP contribution in [0.2, 0.25) is 0 Å². The zero-order valence-electron chi connectivity index (χ0n) is 5.63. The molecule has 1 N–H and O–H groups in total. The summed E-state index contributed by atoms with van der Waals surface area (Å²) in [6, 6.07) is 0. The van der Waals surface area contributed by atoms with Crippen molar-refractivity contribution in [2.75, 3.05) is 20.7 Å². The Labute approximate surface area is 54.0 Å². The quantitative estimate of drug-likeness (QED) is 0.546. The number of carbonyl (C=O) groups is 1. The third-order valence-electron chi connectivity index (χ3n) is 0.952. The molecule has 0 aliphatic heterocycles. The van der Waals surface area contributed by atoms with Crippen LogP contribution in [0.3, 0.4) is 0 Å². The van der Waals surface area contributed by atoms with Gasteiger partial charge in [-0.2, -0.15) is 5.06 Å². The summed E-state index contributed by atoms with van der Waals surface area (Å²) in [6.07, 6.45) is 0.115. The van der Waals surface area contributed by atoms with Crippen LogP contribution in [-0.2, 0) is 9.63 Å². The van der Waals surface area contributed by atoms with E-state index in [4.69, 9.17) is 5.11 Å². The van der Waals surface area contributed by atoms with Crippen LogP contribution in [0.4, 0.5) is 0 Å². The molecule has 0 rings (SSSR count). The van der Waals surface area contributed by atoms with Crippen LogP contribution in [0.25, 0.3) is 0 Å². The van der Waals surface area contributed by atoms with Crippen molar-refractivity contribution < 1.29 is 14.7 Å². The standard InChI is InChI=1S/C5H11NO3/c1-6(9-2)4-3-5(7)8/h3-4H2,1-2H3,(H,7,8). The average Bonchev–Trinajstić information content (AvgIpc) is 1.83. The van der Waals surface area contributed by atoms with E-state index in [1.165, 1.54) is 12.2 Å². The fraction of sp³-hybridized carbons (Fsp3) is 0.800.